The van der Waals surface area contributed by atoms with Gasteiger partial charge in [-0.05, 0) is 53.8 Å². The monoisotopic (exact) mass is 649 g/mol. The highest BCUT2D eigenvalue weighted by molar-refractivity contribution is 8.15. The highest BCUT2D eigenvalue weighted by Gasteiger charge is 2.32. The lowest BCUT2D eigenvalue weighted by atomic mass is 10.0. The predicted molar refractivity (Wildman–Crippen MR) is 172 cm³/mol. The van der Waals surface area contributed by atoms with Gasteiger partial charge in [0.15, 0.2) is 11.0 Å². The van der Waals surface area contributed by atoms with Gasteiger partial charge in [0.2, 0.25) is 11.9 Å². The molecule has 3 aromatic carbocycles. The van der Waals surface area contributed by atoms with E-state index in [4.69, 9.17) is 4.74 Å². The van der Waals surface area contributed by atoms with Crippen LogP contribution in [0.1, 0.15) is 37.3 Å². The molecule has 1 amide bonds. The molecule has 14 heteroatoms. The summed E-state index contributed by atoms with van der Waals surface area (Å²) in [6, 6.07) is 20.6. The van der Waals surface area contributed by atoms with Gasteiger partial charge in [-0.15, -0.1) is 23.4 Å². The first-order valence-corrected chi connectivity index (χ1v) is 15.6. The lowest BCUT2D eigenvalue weighted by Gasteiger charge is -2.20. The van der Waals surface area contributed by atoms with Gasteiger partial charge in [-0.25, -0.2) is 0 Å². The smallest absolute Gasteiger partial charge is 0.406 e. The highest BCUT2D eigenvalue weighted by Crippen LogP contribution is 2.33. The Morgan fingerprint density at radius 3 is 2.54 bits per heavy atom. The average molecular weight is 650 g/mol. The van der Waals surface area contributed by atoms with Crippen LogP contribution in [0.4, 0.5) is 24.8 Å². The summed E-state index contributed by atoms with van der Waals surface area (Å²) in [5.74, 6) is 1.02. The predicted octanol–water partition coefficient (Wildman–Crippen LogP) is 6.63. The number of thioether (sulfide) groups is 1. The van der Waals surface area contributed by atoms with Gasteiger partial charge in [0.25, 0.3) is 0 Å². The van der Waals surface area contributed by atoms with E-state index < -0.39 is 6.36 Å². The normalized spacial score (nSPS) is 18.0. The molecule has 10 nitrogen and oxygen atoms in total. The summed E-state index contributed by atoms with van der Waals surface area (Å²) >= 11 is 1.35. The zero-order valence-electron chi connectivity index (χ0n) is 24.9. The molecule has 2 fully saturated rings. The number of anilines is 2. The Kier molecular flexibility index (Phi) is 9.08. The second-order valence-corrected chi connectivity index (χ2v) is 11.8. The van der Waals surface area contributed by atoms with Crippen molar-refractivity contribution in [3.8, 4) is 22.8 Å². The molecule has 1 unspecified atom stereocenters. The van der Waals surface area contributed by atoms with Crippen molar-refractivity contribution in [3.05, 3.63) is 83.9 Å². The number of hydrogen-bond donors (Lipinski definition) is 1. The van der Waals surface area contributed by atoms with E-state index in [2.05, 4.69) is 44.2 Å². The summed E-state index contributed by atoms with van der Waals surface area (Å²) in [6.45, 7) is 5.30. The van der Waals surface area contributed by atoms with Gasteiger partial charge in [-0.3, -0.25) is 9.69 Å². The van der Waals surface area contributed by atoms with Gasteiger partial charge in [-0.1, -0.05) is 68.1 Å². The fraction of sp³-hybridized carbons (Fsp3) is 0.281. The first kappa shape index (κ1) is 31.3. The van der Waals surface area contributed by atoms with Crippen LogP contribution in [0.15, 0.2) is 83.0 Å². The van der Waals surface area contributed by atoms with Crippen LogP contribution in [0, 0.1) is 0 Å². The molecule has 46 heavy (non-hydrogen) atoms. The summed E-state index contributed by atoms with van der Waals surface area (Å²) in [6.07, 6.45) is -2.39. The molecule has 6 rings (SSSR count). The van der Waals surface area contributed by atoms with Crippen molar-refractivity contribution in [2.24, 2.45) is 10.2 Å². The quantitative estimate of drug-likeness (QED) is 0.160. The van der Waals surface area contributed by atoms with Crippen LogP contribution in [0.5, 0.6) is 5.75 Å². The fourth-order valence-electron chi connectivity index (χ4n) is 5.04. The Bertz CT molecular complexity index is 1750. The van der Waals surface area contributed by atoms with E-state index in [9.17, 15) is 18.0 Å². The van der Waals surface area contributed by atoms with Crippen molar-refractivity contribution in [3.63, 3.8) is 0 Å². The zero-order chi connectivity index (χ0) is 32.3. The van der Waals surface area contributed by atoms with Gasteiger partial charge in [0.05, 0.1) is 36.0 Å². The van der Waals surface area contributed by atoms with Crippen molar-refractivity contribution in [2.45, 2.75) is 38.6 Å². The molecule has 0 aliphatic carbocycles. The van der Waals surface area contributed by atoms with Crippen LogP contribution >= 0.6 is 11.8 Å². The Balaban J connectivity index is 1.21. The van der Waals surface area contributed by atoms with Crippen LogP contribution in [0.3, 0.4) is 0 Å². The number of nitrogens with one attached hydrogen (secondary N) is 1. The topological polar surface area (TPSA) is 106 Å². The summed E-state index contributed by atoms with van der Waals surface area (Å²) < 4.78 is 48.9. The van der Waals surface area contributed by atoms with Gasteiger partial charge >= 0.3 is 6.36 Å². The van der Waals surface area contributed by atoms with Crippen molar-refractivity contribution in [2.75, 3.05) is 29.2 Å². The molecule has 1 aromatic heterocycles. The standard InChI is InChI=1S/C32H30F3N7O3S/c1-20(2)26-5-3-4-6-27(26)41-28(43)19-46-31(41)39-36-17-21-7-9-22(10-8-21)29-38-30(37-23-15-16-44-18-23)42(40-29)24-11-13-25(14-12-24)45-32(33,34)35/h3-14,17,20,23H,15-16,18-19H2,1-2H3,(H,37,38,40). The maximum atomic E-state index is 12.7. The number of aromatic nitrogens is 3. The molecule has 0 radical (unpaired) electrons. The molecule has 0 spiro atoms. The highest BCUT2D eigenvalue weighted by atomic mass is 32.2. The molecule has 2 aliphatic heterocycles. The van der Waals surface area contributed by atoms with E-state index >= 15 is 0 Å². The number of amidine groups is 1. The largest absolute Gasteiger partial charge is 0.573 e. The fourth-order valence-corrected chi connectivity index (χ4v) is 5.86. The Labute approximate surface area is 267 Å². The number of carbonyl (C=O) groups is 1. The third-order valence-corrected chi connectivity index (χ3v) is 8.18. The van der Waals surface area contributed by atoms with Crippen LogP contribution in [-0.2, 0) is 9.53 Å². The van der Waals surface area contributed by atoms with Crippen molar-refractivity contribution >= 4 is 40.7 Å². The number of amides is 1. The van der Waals surface area contributed by atoms with Crippen LogP contribution in [0.2, 0.25) is 0 Å². The Morgan fingerprint density at radius 1 is 1.09 bits per heavy atom. The molecular formula is C32H30F3N7O3S. The first-order valence-electron chi connectivity index (χ1n) is 14.6. The summed E-state index contributed by atoms with van der Waals surface area (Å²) in [5.41, 5.74) is 3.88. The average Bonchev–Trinajstić information content (AvgIpc) is 3.78. The maximum absolute atomic E-state index is 12.7. The van der Waals surface area contributed by atoms with Crippen molar-refractivity contribution in [1.29, 1.82) is 0 Å². The van der Waals surface area contributed by atoms with E-state index in [1.807, 2.05) is 48.5 Å². The lowest BCUT2D eigenvalue weighted by molar-refractivity contribution is -0.274. The van der Waals surface area contributed by atoms with Crippen molar-refractivity contribution in [1.82, 2.24) is 14.8 Å². The number of nitrogens with zero attached hydrogens (tertiary/aromatic N) is 6. The van der Waals surface area contributed by atoms with Gasteiger partial charge in [0, 0.05) is 12.2 Å². The Morgan fingerprint density at radius 2 is 1.85 bits per heavy atom. The minimum atomic E-state index is -4.78. The number of halogens is 3. The summed E-state index contributed by atoms with van der Waals surface area (Å²) in [4.78, 5) is 19.1. The van der Waals surface area contributed by atoms with Gasteiger partial charge < -0.3 is 14.8 Å². The SMILES string of the molecule is CC(C)c1ccccc1N1C(=O)CSC1=NN=Cc1ccc(-c2nc(NC3CCOC3)n(-c3ccc(OC(F)(F)F)cc3)n2)cc1. The lowest BCUT2D eigenvalue weighted by Crippen LogP contribution is -2.30. The summed E-state index contributed by atoms with van der Waals surface area (Å²) in [5, 5.41) is 17.1. The van der Waals surface area contributed by atoms with Crippen LogP contribution in [0.25, 0.3) is 17.1 Å². The second-order valence-electron chi connectivity index (χ2n) is 10.9. The van der Waals surface area contributed by atoms with Crippen LogP contribution in [-0.4, -0.2) is 63.4 Å². The van der Waals surface area contributed by atoms with E-state index in [0.717, 1.165) is 28.8 Å². The summed E-state index contributed by atoms with van der Waals surface area (Å²) in [7, 11) is 0. The number of carbonyl (C=O) groups excluding carboxylic acids is 1. The third-order valence-electron chi connectivity index (χ3n) is 7.27. The molecule has 0 saturated carbocycles. The number of benzene rings is 3. The number of para-hydroxylation sites is 1. The van der Waals surface area contributed by atoms with E-state index in [1.54, 1.807) is 15.8 Å². The molecule has 2 saturated heterocycles. The number of ether oxygens (including phenoxy) is 2. The van der Waals surface area contributed by atoms with Gasteiger partial charge in [0.1, 0.15) is 5.75 Å². The van der Waals surface area contributed by atoms with Gasteiger partial charge in [-0.2, -0.15) is 14.8 Å². The second kappa shape index (κ2) is 13.3. The molecule has 0 bridgehead atoms. The molecule has 238 valence electrons. The first-order chi connectivity index (χ1) is 22.1. The van der Waals surface area contributed by atoms with Crippen LogP contribution < -0.4 is 15.0 Å². The van der Waals surface area contributed by atoms with Crippen molar-refractivity contribution < 1.29 is 27.4 Å². The molecule has 3 heterocycles. The zero-order valence-corrected chi connectivity index (χ0v) is 25.8. The minimum absolute atomic E-state index is 0.0203. The number of alkyl halides is 3. The molecular weight excluding hydrogens is 619 g/mol. The molecule has 2 aliphatic rings. The number of hydrogen-bond acceptors (Lipinski definition) is 9. The number of rotatable bonds is 9. The molecule has 1 N–H and O–H groups in total. The third kappa shape index (κ3) is 7.23. The maximum Gasteiger partial charge on any atom is 0.573 e. The van der Waals surface area contributed by atoms with E-state index in [-0.39, 0.29) is 23.6 Å². The Hall–Kier alpha value is -4.69. The molecule has 1 atom stereocenters. The minimum Gasteiger partial charge on any atom is -0.406 e. The van der Waals surface area contributed by atoms with E-state index in [0.29, 0.717) is 41.6 Å². The van der Waals surface area contributed by atoms with E-state index in [1.165, 1.54) is 36.0 Å². The molecule has 4 aromatic rings.